The van der Waals surface area contributed by atoms with Crippen LogP contribution in [-0.4, -0.2) is 81.5 Å². The standard InChI is InChI=1S/C14H21ClN2O.2C4H6O4/c1-3-18-14-5-4-13(15)8-12(14)10-17-7-6-16-11(2)9-17;2*5-3(6)1-2-4(7)8/h4-5,8,11,16H,3,6-7,9-10H2,1-2H3;2*1-2H2,(H,5,6)(H,7,8)/t11-;;/m0../s1. The number of carboxylic acid groups (broad SMARTS) is 4. The third-order valence-electron chi connectivity index (χ3n) is 4.27. The van der Waals surface area contributed by atoms with Crippen LogP contribution in [0.25, 0.3) is 0 Å². The van der Waals surface area contributed by atoms with Crippen LogP contribution in [0.15, 0.2) is 18.2 Å². The molecule has 1 saturated heterocycles. The molecule has 0 radical (unpaired) electrons. The number of piperazine rings is 1. The van der Waals surface area contributed by atoms with Crippen LogP contribution in [-0.2, 0) is 25.7 Å². The number of rotatable bonds is 10. The van der Waals surface area contributed by atoms with E-state index < -0.39 is 23.9 Å². The number of hydrogen-bond donors (Lipinski definition) is 5. The predicted molar refractivity (Wildman–Crippen MR) is 124 cm³/mol. The van der Waals surface area contributed by atoms with Gasteiger partial charge in [-0.15, -0.1) is 0 Å². The maximum absolute atomic E-state index is 9.64. The second kappa shape index (κ2) is 17.6. The monoisotopic (exact) mass is 504 g/mol. The van der Waals surface area contributed by atoms with Crippen molar-refractivity contribution < 1.29 is 44.3 Å². The maximum Gasteiger partial charge on any atom is 0.303 e. The highest BCUT2D eigenvalue weighted by atomic mass is 35.5. The molecule has 1 aliphatic rings. The topological polar surface area (TPSA) is 174 Å². The largest absolute Gasteiger partial charge is 0.494 e. The van der Waals surface area contributed by atoms with Crippen LogP contribution in [0.5, 0.6) is 5.75 Å². The molecule has 0 unspecified atom stereocenters. The van der Waals surface area contributed by atoms with Gasteiger partial charge in [0.05, 0.1) is 32.3 Å². The molecular weight excluding hydrogens is 472 g/mol. The number of halogens is 1. The molecule has 1 fully saturated rings. The fourth-order valence-corrected chi connectivity index (χ4v) is 2.99. The van der Waals surface area contributed by atoms with Crippen LogP contribution in [0.4, 0.5) is 0 Å². The third kappa shape index (κ3) is 16.7. The lowest BCUT2D eigenvalue weighted by molar-refractivity contribution is -0.143. The average molecular weight is 505 g/mol. The van der Waals surface area contributed by atoms with Gasteiger partial charge in [-0.25, -0.2) is 0 Å². The minimum atomic E-state index is -1.08. The van der Waals surface area contributed by atoms with Gasteiger partial charge >= 0.3 is 23.9 Å². The first-order valence-electron chi connectivity index (χ1n) is 10.7. The van der Waals surface area contributed by atoms with Crippen molar-refractivity contribution in [2.24, 2.45) is 0 Å². The Morgan fingerprint density at radius 1 is 1.00 bits per heavy atom. The molecule has 0 aliphatic carbocycles. The fraction of sp³-hybridized carbons (Fsp3) is 0.545. The van der Waals surface area contributed by atoms with Gasteiger partial charge in [-0.1, -0.05) is 11.6 Å². The van der Waals surface area contributed by atoms with Crippen molar-refractivity contribution >= 4 is 35.5 Å². The van der Waals surface area contributed by atoms with Crippen molar-refractivity contribution in [3.05, 3.63) is 28.8 Å². The van der Waals surface area contributed by atoms with E-state index in [1.165, 1.54) is 5.56 Å². The first-order valence-corrected chi connectivity index (χ1v) is 11.1. The molecule has 12 heteroatoms. The zero-order chi connectivity index (χ0) is 26.1. The summed E-state index contributed by atoms with van der Waals surface area (Å²) < 4.78 is 5.66. The van der Waals surface area contributed by atoms with E-state index in [1.807, 2.05) is 25.1 Å². The summed E-state index contributed by atoms with van der Waals surface area (Å²) in [6.45, 7) is 9.00. The Kier molecular flexibility index (Phi) is 16.1. The van der Waals surface area contributed by atoms with E-state index in [-0.39, 0.29) is 25.7 Å². The number of carbonyl (C=O) groups is 4. The van der Waals surface area contributed by atoms with Gasteiger partial charge in [0.15, 0.2) is 0 Å². The van der Waals surface area contributed by atoms with E-state index in [4.69, 9.17) is 36.8 Å². The van der Waals surface area contributed by atoms with Crippen molar-refractivity contribution in [3.8, 4) is 5.75 Å². The van der Waals surface area contributed by atoms with Crippen LogP contribution in [0.3, 0.4) is 0 Å². The zero-order valence-electron chi connectivity index (χ0n) is 19.3. The summed E-state index contributed by atoms with van der Waals surface area (Å²) >= 11 is 6.08. The molecule has 2 rings (SSSR count). The summed E-state index contributed by atoms with van der Waals surface area (Å²) in [6.07, 6.45) is -1.19. The van der Waals surface area contributed by atoms with Gasteiger partial charge in [0.1, 0.15) is 5.75 Å². The summed E-state index contributed by atoms with van der Waals surface area (Å²) in [5.41, 5.74) is 1.18. The average Bonchev–Trinajstić information content (AvgIpc) is 2.74. The van der Waals surface area contributed by atoms with Crippen LogP contribution in [0.2, 0.25) is 5.02 Å². The van der Waals surface area contributed by atoms with Crippen molar-refractivity contribution in [3.63, 3.8) is 0 Å². The Balaban J connectivity index is 0.000000570. The minimum absolute atomic E-state index is 0.296. The molecule has 11 nitrogen and oxygen atoms in total. The lowest BCUT2D eigenvalue weighted by atomic mass is 10.1. The van der Waals surface area contributed by atoms with Gasteiger partial charge in [-0.3, -0.25) is 24.1 Å². The molecule has 1 aromatic rings. The number of hydrogen-bond acceptors (Lipinski definition) is 7. The zero-order valence-corrected chi connectivity index (χ0v) is 20.1. The molecule has 0 aromatic heterocycles. The molecular formula is C22H33ClN2O9. The van der Waals surface area contributed by atoms with Crippen molar-refractivity contribution in [2.45, 2.75) is 52.1 Å². The van der Waals surface area contributed by atoms with E-state index in [9.17, 15) is 19.2 Å². The molecule has 1 aromatic carbocycles. The second-order valence-electron chi connectivity index (χ2n) is 7.35. The van der Waals surface area contributed by atoms with Crippen molar-refractivity contribution in [1.82, 2.24) is 10.2 Å². The quantitative estimate of drug-likeness (QED) is 0.316. The molecule has 5 N–H and O–H groups in total. The van der Waals surface area contributed by atoms with Crippen molar-refractivity contribution in [2.75, 3.05) is 26.2 Å². The maximum atomic E-state index is 9.64. The van der Waals surface area contributed by atoms with Gasteiger partial charge in [0.2, 0.25) is 0 Å². The first kappa shape index (κ1) is 31.1. The number of nitrogens with zero attached hydrogens (tertiary/aromatic N) is 1. The van der Waals surface area contributed by atoms with Crippen molar-refractivity contribution in [1.29, 1.82) is 0 Å². The molecule has 192 valence electrons. The molecule has 0 bridgehead atoms. The molecule has 34 heavy (non-hydrogen) atoms. The normalized spacial score (nSPS) is 15.1. The number of benzene rings is 1. The van der Waals surface area contributed by atoms with E-state index in [0.29, 0.717) is 12.6 Å². The molecule has 0 saturated carbocycles. The molecule has 0 amide bonds. The Hall–Kier alpha value is -2.89. The van der Waals surface area contributed by atoms with Gasteiger partial charge in [-0.2, -0.15) is 0 Å². The van der Waals surface area contributed by atoms with Crippen LogP contribution in [0.1, 0.15) is 45.1 Å². The molecule has 0 spiro atoms. The summed E-state index contributed by atoms with van der Waals surface area (Å²) in [5, 5.41) is 35.8. The van der Waals surface area contributed by atoms with Gasteiger partial charge in [0, 0.05) is 42.8 Å². The van der Waals surface area contributed by atoms with E-state index in [0.717, 1.165) is 37.0 Å². The smallest absolute Gasteiger partial charge is 0.303 e. The number of aliphatic carboxylic acids is 4. The Morgan fingerprint density at radius 3 is 1.91 bits per heavy atom. The number of carboxylic acids is 4. The summed E-state index contributed by atoms with van der Waals surface area (Å²) in [7, 11) is 0. The Labute approximate surface area is 203 Å². The molecule has 1 heterocycles. The van der Waals surface area contributed by atoms with Gasteiger partial charge in [-0.05, 0) is 32.0 Å². The Morgan fingerprint density at radius 2 is 1.50 bits per heavy atom. The SMILES string of the molecule is CCOc1ccc(Cl)cc1CN1CCN[C@@H](C)C1.O=C(O)CCC(=O)O.O=C(O)CCC(=O)O. The first-order chi connectivity index (χ1) is 15.9. The lowest BCUT2D eigenvalue weighted by Gasteiger charge is -2.32. The lowest BCUT2D eigenvalue weighted by Crippen LogP contribution is -2.48. The third-order valence-corrected chi connectivity index (χ3v) is 4.51. The van der Waals surface area contributed by atoms with E-state index >= 15 is 0 Å². The van der Waals surface area contributed by atoms with Crippen LogP contribution < -0.4 is 10.1 Å². The van der Waals surface area contributed by atoms with Gasteiger partial charge in [0.25, 0.3) is 0 Å². The minimum Gasteiger partial charge on any atom is -0.494 e. The number of ether oxygens (including phenoxy) is 1. The highest BCUT2D eigenvalue weighted by molar-refractivity contribution is 6.30. The highest BCUT2D eigenvalue weighted by Crippen LogP contribution is 2.24. The van der Waals surface area contributed by atoms with Gasteiger partial charge < -0.3 is 30.5 Å². The number of nitrogens with one attached hydrogen (secondary N) is 1. The van der Waals surface area contributed by atoms with Crippen LogP contribution >= 0.6 is 11.6 Å². The Bertz CT molecular complexity index is 749. The van der Waals surface area contributed by atoms with Crippen LogP contribution in [0, 0.1) is 0 Å². The van der Waals surface area contributed by atoms with E-state index in [2.05, 4.69) is 17.1 Å². The predicted octanol–water partition coefficient (Wildman–Crippen LogP) is 2.40. The summed E-state index contributed by atoms with van der Waals surface area (Å²) in [4.78, 5) is 41.0. The summed E-state index contributed by atoms with van der Waals surface area (Å²) in [5.74, 6) is -3.35. The molecule has 1 atom stereocenters. The van der Waals surface area contributed by atoms with E-state index in [1.54, 1.807) is 0 Å². The highest BCUT2D eigenvalue weighted by Gasteiger charge is 2.17. The second-order valence-corrected chi connectivity index (χ2v) is 7.79. The fourth-order valence-electron chi connectivity index (χ4n) is 2.79. The molecule has 1 aliphatic heterocycles. The summed E-state index contributed by atoms with van der Waals surface area (Å²) in [6, 6.07) is 6.41.